The van der Waals surface area contributed by atoms with Crippen LogP contribution >= 0.6 is 11.6 Å². The number of carbonyl (C=O) groups is 1. The summed E-state index contributed by atoms with van der Waals surface area (Å²) in [6, 6.07) is 4.98. The Morgan fingerprint density at radius 1 is 1.48 bits per heavy atom. The van der Waals surface area contributed by atoms with Crippen molar-refractivity contribution in [2.45, 2.75) is 38.6 Å². The summed E-state index contributed by atoms with van der Waals surface area (Å²) in [7, 11) is 2.01. The Morgan fingerprint density at radius 2 is 2.14 bits per heavy atom. The van der Waals surface area contributed by atoms with Crippen LogP contribution in [0.4, 0.5) is 11.4 Å². The highest BCUT2D eigenvalue weighted by Crippen LogP contribution is 2.26. The highest BCUT2D eigenvalue weighted by atomic mass is 35.5. The first kappa shape index (κ1) is 16.1. The van der Waals surface area contributed by atoms with Gasteiger partial charge >= 0.3 is 0 Å². The van der Waals surface area contributed by atoms with E-state index in [-0.39, 0.29) is 11.9 Å². The minimum Gasteiger partial charge on any atom is -0.397 e. The summed E-state index contributed by atoms with van der Waals surface area (Å²) in [4.78, 5) is 14.4. The second kappa shape index (κ2) is 7.14. The van der Waals surface area contributed by atoms with Crippen molar-refractivity contribution >= 4 is 28.9 Å². The summed E-state index contributed by atoms with van der Waals surface area (Å²) < 4.78 is 0. The van der Waals surface area contributed by atoms with E-state index < -0.39 is 0 Å². The summed E-state index contributed by atoms with van der Waals surface area (Å²) in [5, 5.41) is 3.40. The van der Waals surface area contributed by atoms with Crippen LogP contribution in [0.5, 0.6) is 0 Å². The molecule has 3 N–H and O–H groups in total. The van der Waals surface area contributed by atoms with Gasteiger partial charge < -0.3 is 11.1 Å². The molecule has 1 unspecified atom stereocenters. The number of amides is 1. The highest BCUT2D eigenvalue weighted by molar-refractivity contribution is 6.33. The van der Waals surface area contributed by atoms with E-state index in [0.717, 1.165) is 12.5 Å². The topological polar surface area (TPSA) is 58.4 Å². The first-order valence-electron chi connectivity index (χ1n) is 7.53. The van der Waals surface area contributed by atoms with Gasteiger partial charge in [-0.1, -0.05) is 24.4 Å². The molecule has 1 amide bonds. The number of carbonyl (C=O) groups excluding carboxylic acids is 1. The molecule has 1 aromatic rings. The van der Waals surface area contributed by atoms with E-state index in [9.17, 15) is 4.79 Å². The fraction of sp³-hybridized carbons (Fsp3) is 0.562. The quantitative estimate of drug-likeness (QED) is 0.820. The molecule has 0 radical (unpaired) electrons. The normalized spacial score (nSPS) is 17.1. The zero-order valence-electron chi connectivity index (χ0n) is 12.7. The average Bonchev–Trinajstić information content (AvgIpc) is 2.94. The van der Waals surface area contributed by atoms with Gasteiger partial charge in [0.05, 0.1) is 16.8 Å². The molecule has 2 rings (SSSR count). The Bertz CT molecular complexity index is 500. The molecule has 1 aromatic carbocycles. The Kier molecular flexibility index (Phi) is 5.48. The van der Waals surface area contributed by atoms with Crippen molar-refractivity contribution in [3.05, 3.63) is 23.2 Å². The van der Waals surface area contributed by atoms with E-state index in [1.807, 2.05) is 14.0 Å². The standard InChI is InChI=1S/C16H24ClN3O/c1-11(20(2)10-12-5-3-4-6-12)16(21)19-13-7-8-14(17)15(18)9-13/h7-9,11-12H,3-6,10,18H2,1-2H3,(H,19,21). The molecule has 0 saturated heterocycles. The fourth-order valence-electron chi connectivity index (χ4n) is 2.83. The van der Waals surface area contributed by atoms with E-state index in [1.54, 1.807) is 18.2 Å². The van der Waals surface area contributed by atoms with Gasteiger partial charge in [0, 0.05) is 12.2 Å². The molecule has 5 heteroatoms. The van der Waals surface area contributed by atoms with Gasteiger partial charge in [-0.25, -0.2) is 0 Å². The van der Waals surface area contributed by atoms with Crippen molar-refractivity contribution in [2.75, 3.05) is 24.6 Å². The zero-order chi connectivity index (χ0) is 15.4. The third-order valence-corrected chi connectivity index (χ3v) is 4.67. The molecular weight excluding hydrogens is 286 g/mol. The third kappa shape index (κ3) is 4.35. The summed E-state index contributed by atoms with van der Waals surface area (Å²) in [5.41, 5.74) is 6.90. The van der Waals surface area contributed by atoms with Crippen molar-refractivity contribution in [1.82, 2.24) is 4.90 Å². The lowest BCUT2D eigenvalue weighted by molar-refractivity contribution is -0.120. The first-order chi connectivity index (χ1) is 9.97. The smallest absolute Gasteiger partial charge is 0.241 e. The van der Waals surface area contributed by atoms with Crippen LogP contribution in [0.25, 0.3) is 0 Å². The van der Waals surface area contributed by atoms with Crippen LogP contribution in [0.3, 0.4) is 0 Å². The van der Waals surface area contributed by atoms with Crippen LogP contribution in [-0.2, 0) is 4.79 Å². The number of rotatable bonds is 5. The number of hydrogen-bond acceptors (Lipinski definition) is 3. The lowest BCUT2D eigenvalue weighted by atomic mass is 10.1. The zero-order valence-corrected chi connectivity index (χ0v) is 13.5. The van der Waals surface area contributed by atoms with Gasteiger partial charge in [0.25, 0.3) is 0 Å². The molecule has 1 atom stereocenters. The van der Waals surface area contributed by atoms with Crippen molar-refractivity contribution in [3.8, 4) is 0 Å². The van der Waals surface area contributed by atoms with Crippen molar-refractivity contribution in [1.29, 1.82) is 0 Å². The van der Waals surface area contributed by atoms with Gasteiger partial charge in [0.15, 0.2) is 0 Å². The monoisotopic (exact) mass is 309 g/mol. The largest absolute Gasteiger partial charge is 0.397 e. The van der Waals surface area contributed by atoms with E-state index in [2.05, 4.69) is 10.2 Å². The molecule has 0 aliphatic heterocycles. The Morgan fingerprint density at radius 3 is 2.76 bits per heavy atom. The fourth-order valence-corrected chi connectivity index (χ4v) is 2.94. The SMILES string of the molecule is CC(C(=O)Nc1ccc(Cl)c(N)c1)N(C)CC1CCCC1. The Hall–Kier alpha value is -1.26. The lowest BCUT2D eigenvalue weighted by Gasteiger charge is -2.26. The molecule has 0 heterocycles. The molecule has 116 valence electrons. The average molecular weight is 310 g/mol. The predicted molar refractivity (Wildman–Crippen MR) is 88.5 cm³/mol. The summed E-state index contributed by atoms with van der Waals surface area (Å²) in [5.74, 6) is 0.716. The maximum atomic E-state index is 12.3. The van der Waals surface area contributed by atoms with Gasteiger partial charge in [-0.15, -0.1) is 0 Å². The van der Waals surface area contributed by atoms with E-state index in [1.165, 1.54) is 25.7 Å². The number of nitrogens with zero attached hydrogens (tertiary/aromatic N) is 1. The van der Waals surface area contributed by atoms with Crippen LogP contribution in [0.1, 0.15) is 32.6 Å². The highest BCUT2D eigenvalue weighted by Gasteiger charge is 2.23. The molecule has 1 fully saturated rings. The van der Waals surface area contributed by atoms with Gasteiger partial charge in [-0.2, -0.15) is 0 Å². The minimum atomic E-state index is -0.164. The van der Waals surface area contributed by atoms with Crippen LogP contribution in [-0.4, -0.2) is 30.4 Å². The molecule has 1 aliphatic rings. The van der Waals surface area contributed by atoms with E-state index in [0.29, 0.717) is 16.4 Å². The van der Waals surface area contributed by atoms with Crippen molar-refractivity contribution in [3.63, 3.8) is 0 Å². The number of likely N-dealkylation sites (N-methyl/N-ethyl adjacent to an activating group) is 1. The van der Waals surface area contributed by atoms with Crippen LogP contribution < -0.4 is 11.1 Å². The van der Waals surface area contributed by atoms with E-state index >= 15 is 0 Å². The number of hydrogen-bond donors (Lipinski definition) is 2. The Balaban J connectivity index is 1.90. The number of nitrogen functional groups attached to an aromatic ring is 1. The van der Waals surface area contributed by atoms with Crippen molar-refractivity contribution in [2.24, 2.45) is 5.92 Å². The maximum absolute atomic E-state index is 12.3. The minimum absolute atomic E-state index is 0.0165. The molecule has 1 aliphatic carbocycles. The first-order valence-corrected chi connectivity index (χ1v) is 7.91. The van der Waals surface area contributed by atoms with Gasteiger partial charge in [0.1, 0.15) is 0 Å². The molecule has 0 aromatic heterocycles. The van der Waals surface area contributed by atoms with Crippen LogP contribution in [0, 0.1) is 5.92 Å². The maximum Gasteiger partial charge on any atom is 0.241 e. The Labute approximate surface area is 131 Å². The van der Waals surface area contributed by atoms with Crippen LogP contribution in [0.2, 0.25) is 5.02 Å². The molecule has 0 bridgehead atoms. The van der Waals surface area contributed by atoms with Gasteiger partial charge in [0.2, 0.25) is 5.91 Å². The second-order valence-corrected chi connectivity index (χ2v) is 6.40. The second-order valence-electron chi connectivity index (χ2n) is 5.99. The number of halogens is 1. The molecule has 0 spiro atoms. The third-order valence-electron chi connectivity index (χ3n) is 4.33. The number of nitrogens with one attached hydrogen (secondary N) is 1. The van der Waals surface area contributed by atoms with Crippen molar-refractivity contribution < 1.29 is 4.79 Å². The molecule has 1 saturated carbocycles. The van der Waals surface area contributed by atoms with Gasteiger partial charge in [-0.05, 0) is 50.9 Å². The number of benzene rings is 1. The number of nitrogens with two attached hydrogens (primary N) is 1. The summed E-state index contributed by atoms with van der Waals surface area (Å²) in [6.07, 6.45) is 5.21. The summed E-state index contributed by atoms with van der Waals surface area (Å²) >= 11 is 5.88. The molecular formula is C16H24ClN3O. The van der Waals surface area contributed by atoms with E-state index in [4.69, 9.17) is 17.3 Å². The lowest BCUT2D eigenvalue weighted by Crippen LogP contribution is -2.41. The summed E-state index contributed by atoms with van der Waals surface area (Å²) in [6.45, 7) is 2.92. The predicted octanol–water partition coefficient (Wildman–Crippen LogP) is 3.37. The van der Waals surface area contributed by atoms with Crippen LogP contribution in [0.15, 0.2) is 18.2 Å². The van der Waals surface area contributed by atoms with Gasteiger partial charge in [-0.3, -0.25) is 9.69 Å². The molecule has 4 nitrogen and oxygen atoms in total. The molecule has 21 heavy (non-hydrogen) atoms. The number of anilines is 2.